The first-order chi connectivity index (χ1) is 9.26. The molecule has 2 heterocycles. The topological polar surface area (TPSA) is 19.4 Å². The maximum absolute atomic E-state index is 4.68. The number of hydrogen-bond donors (Lipinski definition) is 0. The molecule has 0 N–H and O–H groups in total. The van der Waals surface area contributed by atoms with Crippen molar-refractivity contribution in [3.63, 3.8) is 0 Å². The van der Waals surface area contributed by atoms with E-state index in [4.69, 9.17) is 0 Å². The first kappa shape index (κ1) is 12.9. The van der Waals surface area contributed by atoms with Gasteiger partial charge in [-0.2, -0.15) is 0 Å². The highest BCUT2D eigenvalue weighted by molar-refractivity contribution is 5.47. The van der Waals surface area contributed by atoms with Crippen LogP contribution >= 0.6 is 0 Å². The molecular formula is C16H25N3. The monoisotopic (exact) mass is 259 g/mol. The third-order valence-electron chi connectivity index (χ3n) is 4.40. The minimum Gasteiger partial charge on any atom is -0.354 e. The molecular weight excluding hydrogens is 234 g/mol. The molecule has 0 atom stereocenters. The van der Waals surface area contributed by atoms with Crippen LogP contribution in [0.25, 0.3) is 0 Å². The molecule has 1 saturated carbocycles. The molecule has 3 heteroatoms. The molecule has 1 aromatic heterocycles. The van der Waals surface area contributed by atoms with E-state index in [0.717, 1.165) is 25.4 Å². The maximum Gasteiger partial charge on any atom is 0.131 e. The smallest absolute Gasteiger partial charge is 0.131 e. The molecule has 3 nitrogen and oxygen atoms in total. The molecule has 0 radical (unpaired) electrons. The second kappa shape index (κ2) is 5.49. The SMILES string of the molecule is CCc1cnc(N2CCN(CC3CC3)CC2)c(C)c1. The van der Waals surface area contributed by atoms with Crippen LogP contribution in [0.2, 0.25) is 0 Å². The van der Waals surface area contributed by atoms with Gasteiger partial charge in [0.25, 0.3) is 0 Å². The summed E-state index contributed by atoms with van der Waals surface area (Å²) in [5, 5.41) is 0. The molecule has 2 aliphatic rings. The van der Waals surface area contributed by atoms with Crippen molar-refractivity contribution in [2.24, 2.45) is 5.92 Å². The summed E-state index contributed by atoms with van der Waals surface area (Å²) in [5.74, 6) is 2.21. The van der Waals surface area contributed by atoms with Crippen molar-refractivity contribution in [2.75, 3.05) is 37.6 Å². The Morgan fingerprint density at radius 1 is 1.21 bits per heavy atom. The van der Waals surface area contributed by atoms with Gasteiger partial charge in [0, 0.05) is 38.9 Å². The van der Waals surface area contributed by atoms with Gasteiger partial charge in [-0.25, -0.2) is 4.98 Å². The lowest BCUT2D eigenvalue weighted by Crippen LogP contribution is -2.47. The van der Waals surface area contributed by atoms with Crippen molar-refractivity contribution < 1.29 is 0 Å². The average molecular weight is 259 g/mol. The lowest BCUT2D eigenvalue weighted by Gasteiger charge is -2.36. The Morgan fingerprint density at radius 3 is 2.53 bits per heavy atom. The van der Waals surface area contributed by atoms with Gasteiger partial charge in [0.2, 0.25) is 0 Å². The van der Waals surface area contributed by atoms with Crippen LogP contribution in [0.1, 0.15) is 30.9 Å². The van der Waals surface area contributed by atoms with Gasteiger partial charge < -0.3 is 4.90 Å². The molecule has 1 aromatic rings. The summed E-state index contributed by atoms with van der Waals surface area (Å²) in [6.07, 6.45) is 6.03. The van der Waals surface area contributed by atoms with E-state index < -0.39 is 0 Å². The Hall–Kier alpha value is -1.09. The summed E-state index contributed by atoms with van der Waals surface area (Å²) >= 11 is 0. The molecule has 1 saturated heterocycles. The number of aromatic nitrogens is 1. The van der Waals surface area contributed by atoms with Gasteiger partial charge in [0.15, 0.2) is 0 Å². The zero-order valence-electron chi connectivity index (χ0n) is 12.2. The van der Waals surface area contributed by atoms with Gasteiger partial charge in [0.05, 0.1) is 0 Å². The minimum absolute atomic E-state index is 1.01. The highest BCUT2D eigenvalue weighted by Crippen LogP contribution is 2.30. The molecule has 3 rings (SSSR count). The van der Waals surface area contributed by atoms with Crippen molar-refractivity contribution >= 4 is 5.82 Å². The Morgan fingerprint density at radius 2 is 1.95 bits per heavy atom. The van der Waals surface area contributed by atoms with Gasteiger partial charge in [-0.05, 0) is 43.2 Å². The quantitative estimate of drug-likeness (QED) is 0.828. The summed E-state index contributed by atoms with van der Waals surface area (Å²) < 4.78 is 0. The Bertz CT molecular complexity index is 432. The highest BCUT2D eigenvalue weighted by atomic mass is 15.3. The fraction of sp³-hybridized carbons (Fsp3) is 0.688. The van der Waals surface area contributed by atoms with Crippen molar-refractivity contribution in [1.29, 1.82) is 0 Å². The lowest BCUT2D eigenvalue weighted by atomic mass is 10.1. The second-order valence-corrected chi connectivity index (χ2v) is 6.07. The molecule has 19 heavy (non-hydrogen) atoms. The number of hydrogen-bond acceptors (Lipinski definition) is 3. The van der Waals surface area contributed by atoms with E-state index >= 15 is 0 Å². The molecule has 1 aliphatic heterocycles. The van der Waals surface area contributed by atoms with E-state index in [2.05, 4.69) is 34.7 Å². The van der Waals surface area contributed by atoms with E-state index in [0.29, 0.717) is 0 Å². The summed E-state index contributed by atoms with van der Waals surface area (Å²) in [5.41, 5.74) is 2.67. The van der Waals surface area contributed by atoms with E-state index in [1.54, 1.807) is 0 Å². The molecule has 0 aromatic carbocycles. The first-order valence-corrected chi connectivity index (χ1v) is 7.69. The standard InChI is InChI=1S/C16H25N3/c1-3-14-10-13(2)16(17-11-14)19-8-6-18(7-9-19)12-15-4-5-15/h10-11,15H,3-9,12H2,1-2H3. The first-order valence-electron chi connectivity index (χ1n) is 7.69. The van der Waals surface area contributed by atoms with Crippen LogP contribution in [0.5, 0.6) is 0 Å². The van der Waals surface area contributed by atoms with Gasteiger partial charge in [-0.3, -0.25) is 4.90 Å². The number of nitrogens with zero attached hydrogens (tertiary/aromatic N) is 3. The molecule has 0 spiro atoms. The van der Waals surface area contributed by atoms with Crippen LogP contribution in [0.4, 0.5) is 5.82 Å². The number of rotatable bonds is 4. The zero-order chi connectivity index (χ0) is 13.2. The normalized spacial score (nSPS) is 20.8. The third-order valence-corrected chi connectivity index (χ3v) is 4.40. The van der Waals surface area contributed by atoms with E-state index in [-0.39, 0.29) is 0 Å². The van der Waals surface area contributed by atoms with Crippen molar-refractivity contribution in [1.82, 2.24) is 9.88 Å². The summed E-state index contributed by atoms with van der Waals surface area (Å²) in [7, 11) is 0. The fourth-order valence-electron chi connectivity index (χ4n) is 2.96. The van der Waals surface area contributed by atoms with Crippen molar-refractivity contribution in [3.8, 4) is 0 Å². The molecule has 0 amide bonds. The largest absolute Gasteiger partial charge is 0.354 e. The maximum atomic E-state index is 4.68. The third kappa shape index (κ3) is 3.08. The van der Waals surface area contributed by atoms with Crippen LogP contribution in [0.3, 0.4) is 0 Å². The molecule has 0 unspecified atom stereocenters. The lowest BCUT2D eigenvalue weighted by molar-refractivity contribution is 0.247. The van der Waals surface area contributed by atoms with Crippen molar-refractivity contribution in [3.05, 3.63) is 23.4 Å². The molecule has 0 bridgehead atoms. The van der Waals surface area contributed by atoms with E-state index in [9.17, 15) is 0 Å². The molecule has 1 aliphatic carbocycles. The van der Waals surface area contributed by atoms with Gasteiger partial charge in [-0.15, -0.1) is 0 Å². The molecule has 2 fully saturated rings. The predicted octanol–water partition coefficient (Wildman–Crippen LogP) is 2.48. The van der Waals surface area contributed by atoms with Gasteiger partial charge in [-0.1, -0.05) is 13.0 Å². The number of anilines is 1. The van der Waals surface area contributed by atoms with Crippen LogP contribution in [-0.4, -0.2) is 42.6 Å². The van der Waals surface area contributed by atoms with Crippen LogP contribution < -0.4 is 4.90 Å². The predicted molar refractivity (Wildman–Crippen MR) is 79.7 cm³/mol. The Kier molecular flexibility index (Phi) is 3.74. The van der Waals surface area contributed by atoms with E-state index in [1.165, 1.54) is 49.4 Å². The van der Waals surface area contributed by atoms with Crippen molar-refractivity contribution in [2.45, 2.75) is 33.1 Å². The van der Waals surface area contributed by atoms with Crippen LogP contribution in [0, 0.1) is 12.8 Å². The van der Waals surface area contributed by atoms with Crippen LogP contribution in [0.15, 0.2) is 12.3 Å². The summed E-state index contributed by atoms with van der Waals surface area (Å²) in [6, 6.07) is 2.29. The zero-order valence-corrected chi connectivity index (χ0v) is 12.2. The average Bonchev–Trinajstić information content (AvgIpc) is 3.24. The van der Waals surface area contributed by atoms with E-state index in [1.807, 2.05) is 6.20 Å². The second-order valence-electron chi connectivity index (χ2n) is 6.07. The Labute approximate surface area is 116 Å². The summed E-state index contributed by atoms with van der Waals surface area (Å²) in [4.78, 5) is 9.76. The minimum atomic E-state index is 1.01. The van der Waals surface area contributed by atoms with Gasteiger partial charge >= 0.3 is 0 Å². The number of piperazine rings is 1. The Balaban J connectivity index is 1.60. The highest BCUT2D eigenvalue weighted by Gasteiger charge is 2.26. The molecule has 104 valence electrons. The van der Waals surface area contributed by atoms with Crippen LogP contribution in [-0.2, 0) is 6.42 Å². The number of pyridine rings is 1. The van der Waals surface area contributed by atoms with Gasteiger partial charge in [0.1, 0.15) is 5.82 Å². The fourth-order valence-corrected chi connectivity index (χ4v) is 2.96. The number of aryl methyl sites for hydroxylation is 2. The summed E-state index contributed by atoms with van der Waals surface area (Å²) in [6.45, 7) is 10.4.